The molecular formula is C23H28ClFN2O2. The number of hydrogen-bond donors (Lipinski definition) is 1. The van der Waals surface area contributed by atoms with Crippen molar-refractivity contribution in [3.63, 3.8) is 0 Å². The van der Waals surface area contributed by atoms with E-state index in [4.69, 9.17) is 11.6 Å². The maximum absolute atomic E-state index is 14.5. The van der Waals surface area contributed by atoms with Crippen molar-refractivity contribution in [2.75, 3.05) is 24.5 Å². The number of amides is 1. The molecule has 2 unspecified atom stereocenters. The predicted octanol–water partition coefficient (Wildman–Crippen LogP) is 4.97. The van der Waals surface area contributed by atoms with Crippen LogP contribution < -0.4 is 4.90 Å². The van der Waals surface area contributed by atoms with Crippen LogP contribution in [-0.4, -0.2) is 35.5 Å². The van der Waals surface area contributed by atoms with Crippen molar-refractivity contribution in [2.45, 2.75) is 39.8 Å². The largest absolute Gasteiger partial charge is 0.389 e. The Labute approximate surface area is 176 Å². The molecule has 0 saturated carbocycles. The lowest BCUT2D eigenvalue weighted by Crippen LogP contribution is -2.53. The Morgan fingerprint density at radius 2 is 1.83 bits per heavy atom. The van der Waals surface area contributed by atoms with Crippen LogP contribution in [0.15, 0.2) is 42.5 Å². The first-order valence-electron chi connectivity index (χ1n) is 9.87. The summed E-state index contributed by atoms with van der Waals surface area (Å²) in [5.74, 6) is -0.297. The minimum absolute atomic E-state index is 0.0679. The highest BCUT2D eigenvalue weighted by molar-refractivity contribution is 6.30. The zero-order valence-corrected chi connectivity index (χ0v) is 18.1. The summed E-state index contributed by atoms with van der Waals surface area (Å²) in [5.41, 5.74) is 1.76. The van der Waals surface area contributed by atoms with Gasteiger partial charge in [0.15, 0.2) is 0 Å². The second kappa shape index (κ2) is 8.33. The molecule has 0 aliphatic carbocycles. The fraction of sp³-hybridized carbons (Fsp3) is 0.435. The van der Waals surface area contributed by atoms with Crippen LogP contribution in [0.5, 0.6) is 0 Å². The van der Waals surface area contributed by atoms with Crippen LogP contribution in [0.3, 0.4) is 0 Å². The molecule has 3 rings (SSSR count). The van der Waals surface area contributed by atoms with Gasteiger partial charge in [-0.1, -0.05) is 56.6 Å². The van der Waals surface area contributed by atoms with Gasteiger partial charge in [0.1, 0.15) is 5.82 Å². The van der Waals surface area contributed by atoms with E-state index in [-0.39, 0.29) is 17.8 Å². The molecule has 1 aliphatic heterocycles. The zero-order chi connectivity index (χ0) is 21.3. The minimum Gasteiger partial charge on any atom is -0.389 e. The van der Waals surface area contributed by atoms with Crippen LogP contribution in [0.4, 0.5) is 10.1 Å². The Bertz CT molecular complexity index is 877. The molecular weight excluding hydrogens is 391 g/mol. The molecule has 1 fully saturated rings. The maximum Gasteiger partial charge on any atom is 0.228 e. The van der Waals surface area contributed by atoms with Gasteiger partial charge in [-0.3, -0.25) is 4.79 Å². The molecule has 6 heteroatoms. The first-order valence-corrected chi connectivity index (χ1v) is 10.2. The average Bonchev–Trinajstić information content (AvgIpc) is 2.66. The molecule has 2 aromatic carbocycles. The number of piperazine rings is 1. The lowest BCUT2D eigenvalue weighted by molar-refractivity contribution is -0.142. The molecule has 0 aromatic heterocycles. The topological polar surface area (TPSA) is 43.8 Å². The summed E-state index contributed by atoms with van der Waals surface area (Å²) in [6.45, 7) is 8.98. The number of rotatable bonds is 3. The highest BCUT2D eigenvalue weighted by Gasteiger charge is 2.37. The number of halogens is 2. The highest BCUT2D eigenvalue weighted by atomic mass is 35.5. The van der Waals surface area contributed by atoms with Gasteiger partial charge in [-0.15, -0.1) is 0 Å². The van der Waals surface area contributed by atoms with Crippen molar-refractivity contribution < 1.29 is 14.3 Å². The summed E-state index contributed by atoms with van der Waals surface area (Å²) < 4.78 is 14.5. The number of benzene rings is 2. The van der Waals surface area contributed by atoms with Gasteiger partial charge in [0, 0.05) is 30.1 Å². The molecule has 0 bridgehead atoms. The zero-order valence-electron chi connectivity index (χ0n) is 17.3. The molecule has 1 amide bonds. The fourth-order valence-electron chi connectivity index (χ4n) is 3.70. The van der Waals surface area contributed by atoms with Crippen LogP contribution >= 0.6 is 11.6 Å². The van der Waals surface area contributed by atoms with E-state index in [1.54, 1.807) is 19.1 Å². The monoisotopic (exact) mass is 418 g/mol. The highest BCUT2D eigenvalue weighted by Crippen LogP contribution is 2.34. The first-order chi connectivity index (χ1) is 13.6. The van der Waals surface area contributed by atoms with E-state index < -0.39 is 11.5 Å². The summed E-state index contributed by atoms with van der Waals surface area (Å²) in [4.78, 5) is 17.0. The van der Waals surface area contributed by atoms with Crippen molar-refractivity contribution in [1.82, 2.24) is 4.90 Å². The Kier molecular flexibility index (Phi) is 6.20. The maximum atomic E-state index is 14.5. The van der Waals surface area contributed by atoms with Crippen molar-refractivity contribution in [3.05, 3.63) is 64.4 Å². The van der Waals surface area contributed by atoms with Crippen molar-refractivity contribution in [1.29, 1.82) is 0 Å². The van der Waals surface area contributed by atoms with Gasteiger partial charge in [-0.2, -0.15) is 0 Å². The summed E-state index contributed by atoms with van der Waals surface area (Å²) in [5, 5.41) is 10.1. The van der Waals surface area contributed by atoms with E-state index in [0.29, 0.717) is 30.3 Å². The van der Waals surface area contributed by atoms with E-state index in [1.165, 1.54) is 6.07 Å². The summed E-state index contributed by atoms with van der Waals surface area (Å²) in [6, 6.07) is 12.1. The van der Waals surface area contributed by atoms with Gasteiger partial charge in [-0.05, 0) is 36.2 Å². The number of aliphatic hydroxyl groups is 1. The molecule has 29 heavy (non-hydrogen) atoms. The lowest BCUT2D eigenvalue weighted by atomic mass is 9.91. The molecule has 1 N–H and O–H groups in total. The number of anilines is 1. The number of hydrogen-bond acceptors (Lipinski definition) is 3. The summed E-state index contributed by atoms with van der Waals surface area (Å²) in [7, 11) is 0. The molecule has 1 heterocycles. The second-order valence-electron chi connectivity index (χ2n) is 8.65. The molecule has 1 aliphatic rings. The summed E-state index contributed by atoms with van der Waals surface area (Å²) in [6.07, 6.45) is -0.553. The predicted molar refractivity (Wildman–Crippen MR) is 115 cm³/mol. The van der Waals surface area contributed by atoms with E-state index >= 15 is 0 Å². The Balaban J connectivity index is 1.95. The smallest absolute Gasteiger partial charge is 0.228 e. The Morgan fingerprint density at radius 3 is 2.38 bits per heavy atom. The van der Waals surface area contributed by atoms with Crippen LogP contribution in [0.1, 0.15) is 51.0 Å². The molecule has 0 spiro atoms. The van der Waals surface area contributed by atoms with Gasteiger partial charge in [0.25, 0.3) is 0 Å². The normalized spacial score (nSPS) is 18.7. The van der Waals surface area contributed by atoms with Crippen molar-refractivity contribution in [3.8, 4) is 0 Å². The molecule has 0 radical (unpaired) electrons. The Morgan fingerprint density at radius 1 is 1.17 bits per heavy atom. The SMILES string of the molecule is CC(O)c1ccc(C2CN(c3ccc(Cl)cc3F)CCN2C(=O)C(C)(C)C)cc1. The molecule has 156 valence electrons. The van der Waals surface area contributed by atoms with E-state index in [1.807, 2.05) is 54.8 Å². The molecule has 4 nitrogen and oxygen atoms in total. The van der Waals surface area contributed by atoms with Crippen LogP contribution in [0, 0.1) is 11.2 Å². The van der Waals surface area contributed by atoms with Gasteiger partial charge in [0.2, 0.25) is 5.91 Å². The number of carbonyl (C=O) groups excluding carboxylic acids is 1. The summed E-state index contributed by atoms with van der Waals surface area (Å²) >= 11 is 5.90. The van der Waals surface area contributed by atoms with Crippen LogP contribution in [0.2, 0.25) is 5.02 Å². The minimum atomic E-state index is -0.553. The fourth-order valence-corrected chi connectivity index (χ4v) is 3.85. The lowest BCUT2D eigenvalue weighted by Gasteiger charge is -2.45. The number of aliphatic hydroxyl groups excluding tert-OH is 1. The standard InChI is InChI=1S/C23H28ClFN2O2/c1-15(28)16-5-7-17(8-6-16)21-14-26(20-10-9-18(24)13-19(20)25)11-12-27(21)22(29)23(2,3)4/h5-10,13,15,21,28H,11-12,14H2,1-4H3. The third kappa shape index (κ3) is 4.73. The van der Waals surface area contributed by atoms with Gasteiger partial charge in [0.05, 0.1) is 17.8 Å². The van der Waals surface area contributed by atoms with Crippen LogP contribution in [0.25, 0.3) is 0 Å². The van der Waals surface area contributed by atoms with Gasteiger partial charge < -0.3 is 14.9 Å². The quantitative estimate of drug-likeness (QED) is 0.765. The van der Waals surface area contributed by atoms with Crippen molar-refractivity contribution >= 4 is 23.2 Å². The molecule has 2 atom stereocenters. The van der Waals surface area contributed by atoms with E-state index in [9.17, 15) is 14.3 Å². The third-order valence-electron chi connectivity index (χ3n) is 5.34. The molecule has 1 saturated heterocycles. The number of nitrogens with zero attached hydrogens (tertiary/aromatic N) is 2. The first kappa shape index (κ1) is 21.6. The third-order valence-corrected chi connectivity index (χ3v) is 5.57. The average molecular weight is 419 g/mol. The van der Waals surface area contributed by atoms with Crippen LogP contribution in [-0.2, 0) is 4.79 Å². The van der Waals surface area contributed by atoms with E-state index in [0.717, 1.165) is 11.1 Å². The Hall–Kier alpha value is -2.11. The van der Waals surface area contributed by atoms with E-state index in [2.05, 4.69) is 0 Å². The van der Waals surface area contributed by atoms with Gasteiger partial charge >= 0.3 is 0 Å². The second-order valence-corrected chi connectivity index (χ2v) is 9.09. The van der Waals surface area contributed by atoms with Crippen molar-refractivity contribution in [2.24, 2.45) is 5.41 Å². The van der Waals surface area contributed by atoms with Gasteiger partial charge in [-0.25, -0.2) is 4.39 Å². The number of carbonyl (C=O) groups is 1. The molecule has 2 aromatic rings.